The van der Waals surface area contributed by atoms with Gasteiger partial charge in [0.15, 0.2) is 5.69 Å². The largest absolute Gasteiger partial charge is 0.490 e. The molecule has 0 aliphatic heterocycles. The first-order valence-corrected chi connectivity index (χ1v) is 7.86. The van der Waals surface area contributed by atoms with E-state index in [0.29, 0.717) is 18.3 Å². The molecule has 1 aromatic heterocycles. The Morgan fingerprint density at radius 3 is 2.90 bits per heavy atom. The van der Waals surface area contributed by atoms with Gasteiger partial charge in [0.05, 0.1) is 24.0 Å². The summed E-state index contributed by atoms with van der Waals surface area (Å²) in [5.74, 6) is 0.653. The Bertz CT molecular complexity index is 595. The van der Waals surface area contributed by atoms with Crippen molar-refractivity contribution in [3.8, 4) is 5.75 Å². The quantitative estimate of drug-likeness (QED) is 0.922. The summed E-state index contributed by atoms with van der Waals surface area (Å²) in [6.45, 7) is 0.430. The predicted molar refractivity (Wildman–Crippen MR) is 80.4 cm³/mol. The molecule has 1 N–H and O–H groups in total. The minimum absolute atomic E-state index is 0.209. The Labute approximate surface area is 127 Å². The molecular formula is C15H17N3O2S. The Hall–Kier alpha value is -1.95. The summed E-state index contributed by atoms with van der Waals surface area (Å²) in [6, 6.07) is 7.85. The molecule has 1 amide bonds. The van der Waals surface area contributed by atoms with Crippen LogP contribution in [0.1, 0.15) is 41.7 Å². The van der Waals surface area contributed by atoms with E-state index < -0.39 is 0 Å². The number of para-hydroxylation sites is 1. The van der Waals surface area contributed by atoms with Gasteiger partial charge in [-0.15, -0.1) is 0 Å². The van der Waals surface area contributed by atoms with Crippen molar-refractivity contribution in [3.05, 3.63) is 41.7 Å². The summed E-state index contributed by atoms with van der Waals surface area (Å²) in [6.07, 6.45) is 6.49. The lowest BCUT2D eigenvalue weighted by molar-refractivity contribution is 0.0946. The van der Waals surface area contributed by atoms with Crippen LogP contribution >= 0.6 is 11.7 Å². The second kappa shape index (κ2) is 6.67. The lowest BCUT2D eigenvalue weighted by atomic mass is 10.2. The number of rotatable bonds is 5. The van der Waals surface area contributed by atoms with Crippen LogP contribution in [0, 0.1) is 0 Å². The molecule has 110 valence electrons. The average Bonchev–Trinajstić information content (AvgIpc) is 3.19. The Balaban J connectivity index is 1.63. The van der Waals surface area contributed by atoms with Gasteiger partial charge in [-0.25, -0.2) is 0 Å². The van der Waals surface area contributed by atoms with Gasteiger partial charge in [0, 0.05) is 12.1 Å². The van der Waals surface area contributed by atoms with E-state index in [1.165, 1.54) is 19.0 Å². The molecule has 1 fully saturated rings. The fourth-order valence-electron chi connectivity index (χ4n) is 2.48. The second-order valence-electron chi connectivity index (χ2n) is 5.11. The molecule has 1 aliphatic carbocycles. The van der Waals surface area contributed by atoms with Crippen LogP contribution in [0.2, 0.25) is 0 Å². The standard InChI is InChI=1S/C15H17N3O2S/c19-15(13-10-17-21-18-13)16-9-11-5-1-4-8-14(11)20-12-6-2-3-7-12/h1,4-5,8,10,12H,2-3,6-7,9H2,(H,16,19). The van der Waals surface area contributed by atoms with Crippen molar-refractivity contribution in [1.29, 1.82) is 0 Å². The number of hydrogen-bond donors (Lipinski definition) is 1. The Morgan fingerprint density at radius 1 is 1.33 bits per heavy atom. The number of nitrogens with one attached hydrogen (secondary N) is 1. The van der Waals surface area contributed by atoms with Crippen molar-refractivity contribution < 1.29 is 9.53 Å². The van der Waals surface area contributed by atoms with Gasteiger partial charge in [-0.2, -0.15) is 8.75 Å². The third-order valence-electron chi connectivity index (χ3n) is 3.60. The van der Waals surface area contributed by atoms with Crippen LogP contribution in [0.25, 0.3) is 0 Å². The third-order valence-corrected chi connectivity index (χ3v) is 4.08. The number of ether oxygens (including phenoxy) is 1. The highest BCUT2D eigenvalue weighted by Crippen LogP contribution is 2.26. The molecule has 0 atom stereocenters. The van der Waals surface area contributed by atoms with Gasteiger partial charge in [-0.05, 0) is 31.7 Å². The predicted octanol–water partition coefficient (Wildman–Crippen LogP) is 2.79. The van der Waals surface area contributed by atoms with E-state index in [2.05, 4.69) is 14.1 Å². The molecule has 2 aromatic rings. The van der Waals surface area contributed by atoms with Crippen LogP contribution in [0.15, 0.2) is 30.5 Å². The van der Waals surface area contributed by atoms with Gasteiger partial charge in [-0.3, -0.25) is 4.79 Å². The van der Waals surface area contributed by atoms with Crippen molar-refractivity contribution in [2.24, 2.45) is 0 Å². The molecule has 21 heavy (non-hydrogen) atoms. The SMILES string of the molecule is O=C(NCc1ccccc1OC1CCCC1)c1cnsn1. The van der Waals surface area contributed by atoms with Crippen LogP contribution in [0.4, 0.5) is 0 Å². The summed E-state index contributed by atoms with van der Waals surface area (Å²) in [5, 5.41) is 2.85. The topological polar surface area (TPSA) is 64.1 Å². The molecule has 1 aliphatic rings. The maximum Gasteiger partial charge on any atom is 0.272 e. The number of aromatic nitrogens is 2. The molecule has 0 spiro atoms. The maximum absolute atomic E-state index is 11.9. The smallest absolute Gasteiger partial charge is 0.272 e. The number of amides is 1. The van der Waals surface area contributed by atoms with Crippen molar-refractivity contribution in [2.75, 3.05) is 0 Å². The number of carbonyl (C=O) groups is 1. The maximum atomic E-state index is 11.9. The highest BCUT2D eigenvalue weighted by atomic mass is 32.1. The zero-order valence-corrected chi connectivity index (χ0v) is 12.4. The zero-order chi connectivity index (χ0) is 14.5. The number of hydrogen-bond acceptors (Lipinski definition) is 5. The lowest BCUT2D eigenvalue weighted by Gasteiger charge is -2.16. The van der Waals surface area contributed by atoms with E-state index in [1.54, 1.807) is 0 Å². The minimum Gasteiger partial charge on any atom is -0.490 e. The fraction of sp³-hybridized carbons (Fsp3) is 0.400. The van der Waals surface area contributed by atoms with Crippen molar-refractivity contribution >= 4 is 17.6 Å². The molecule has 1 saturated carbocycles. The van der Waals surface area contributed by atoms with Gasteiger partial charge in [0.2, 0.25) is 0 Å². The van der Waals surface area contributed by atoms with Crippen LogP contribution < -0.4 is 10.1 Å². The van der Waals surface area contributed by atoms with Gasteiger partial charge in [0.25, 0.3) is 5.91 Å². The van der Waals surface area contributed by atoms with Crippen LogP contribution in [-0.4, -0.2) is 20.8 Å². The highest BCUT2D eigenvalue weighted by molar-refractivity contribution is 6.99. The van der Waals surface area contributed by atoms with Crippen molar-refractivity contribution in [1.82, 2.24) is 14.1 Å². The summed E-state index contributed by atoms with van der Waals surface area (Å²) in [5.41, 5.74) is 1.34. The fourth-order valence-corrected chi connectivity index (χ4v) is 2.89. The zero-order valence-electron chi connectivity index (χ0n) is 11.6. The van der Waals surface area contributed by atoms with E-state index in [4.69, 9.17) is 4.74 Å². The molecule has 5 nitrogen and oxygen atoms in total. The van der Waals surface area contributed by atoms with Crippen molar-refractivity contribution in [3.63, 3.8) is 0 Å². The number of nitrogens with zero attached hydrogens (tertiary/aromatic N) is 2. The van der Waals surface area contributed by atoms with Crippen LogP contribution in [-0.2, 0) is 6.54 Å². The van der Waals surface area contributed by atoms with Gasteiger partial charge >= 0.3 is 0 Å². The second-order valence-corrected chi connectivity index (χ2v) is 5.66. The Morgan fingerprint density at radius 2 is 2.14 bits per heavy atom. The van der Waals surface area contributed by atoms with E-state index in [0.717, 1.165) is 35.9 Å². The van der Waals surface area contributed by atoms with E-state index >= 15 is 0 Å². The molecule has 0 bridgehead atoms. The molecular weight excluding hydrogens is 286 g/mol. The van der Waals surface area contributed by atoms with Crippen molar-refractivity contribution in [2.45, 2.75) is 38.3 Å². The minimum atomic E-state index is -0.209. The first-order chi connectivity index (χ1) is 10.3. The van der Waals surface area contributed by atoms with Crippen LogP contribution in [0.3, 0.4) is 0 Å². The van der Waals surface area contributed by atoms with E-state index in [-0.39, 0.29) is 5.91 Å². The summed E-state index contributed by atoms with van der Waals surface area (Å²) in [7, 11) is 0. The Kier molecular flexibility index (Phi) is 4.45. The van der Waals surface area contributed by atoms with Crippen LogP contribution in [0.5, 0.6) is 5.75 Å². The van der Waals surface area contributed by atoms with Gasteiger partial charge < -0.3 is 10.1 Å². The number of benzene rings is 1. The molecule has 3 rings (SSSR count). The first kappa shape index (κ1) is 14.0. The number of carbonyl (C=O) groups excluding carboxylic acids is 1. The molecule has 6 heteroatoms. The van der Waals surface area contributed by atoms with Gasteiger partial charge in [-0.1, -0.05) is 18.2 Å². The molecule has 1 heterocycles. The van der Waals surface area contributed by atoms with E-state index in [9.17, 15) is 4.79 Å². The summed E-state index contributed by atoms with van der Waals surface area (Å²) < 4.78 is 13.8. The average molecular weight is 303 g/mol. The highest BCUT2D eigenvalue weighted by Gasteiger charge is 2.18. The van der Waals surface area contributed by atoms with Gasteiger partial charge in [0.1, 0.15) is 5.75 Å². The van der Waals surface area contributed by atoms with E-state index in [1.807, 2.05) is 24.3 Å². The molecule has 1 aromatic carbocycles. The third kappa shape index (κ3) is 3.58. The summed E-state index contributed by atoms with van der Waals surface area (Å²) >= 11 is 1.03. The lowest BCUT2D eigenvalue weighted by Crippen LogP contribution is -2.23. The summed E-state index contributed by atoms with van der Waals surface area (Å²) in [4.78, 5) is 11.9. The molecule has 0 unspecified atom stereocenters. The monoisotopic (exact) mass is 303 g/mol. The molecule has 0 radical (unpaired) electrons. The normalized spacial score (nSPS) is 15.0. The molecule has 0 saturated heterocycles. The first-order valence-electron chi connectivity index (χ1n) is 7.13.